The number of ether oxygens (including phenoxy) is 2. The summed E-state index contributed by atoms with van der Waals surface area (Å²) < 4.78 is 50.9. The number of anilines is 1. The van der Waals surface area contributed by atoms with Gasteiger partial charge in [-0.25, -0.2) is 9.97 Å². The lowest BCUT2D eigenvalue weighted by Crippen LogP contribution is -2.35. The largest absolute Gasteiger partial charge is 0.496 e. The third-order valence-corrected chi connectivity index (χ3v) is 4.93. The molecule has 4 rings (SSSR count). The van der Waals surface area contributed by atoms with Gasteiger partial charge in [0.1, 0.15) is 23.4 Å². The summed E-state index contributed by atoms with van der Waals surface area (Å²) >= 11 is 0. The van der Waals surface area contributed by atoms with Crippen LogP contribution in [0, 0.1) is 0 Å². The predicted molar refractivity (Wildman–Crippen MR) is 100 cm³/mol. The first-order valence-electron chi connectivity index (χ1n) is 8.84. The van der Waals surface area contributed by atoms with E-state index in [9.17, 15) is 18.3 Å². The Morgan fingerprint density at radius 3 is 2.41 bits per heavy atom. The first-order chi connectivity index (χ1) is 13.8. The van der Waals surface area contributed by atoms with Crippen LogP contribution in [0.1, 0.15) is 23.1 Å². The molecule has 152 valence electrons. The molecule has 9 heteroatoms. The first-order valence-corrected chi connectivity index (χ1v) is 8.84. The van der Waals surface area contributed by atoms with E-state index in [2.05, 4.69) is 9.97 Å². The Morgan fingerprint density at radius 1 is 1.03 bits per heavy atom. The van der Waals surface area contributed by atoms with Crippen molar-refractivity contribution in [2.75, 3.05) is 25.7 Å². The van der Waals surface area contributed by atoms with Crippen LogP contribution < -0.4 is 14.4 Å². The molecule has 0 radical (unpaired) electrons. The Labute approximate surface area is 164 Å². The van der Waals surface area contributed by atoms with Crippen LogP contribution in [0.2, 0.25) is 0 Å². The van der Waals surface area contributed by atoms with Crippen molar-refractivity contribution in [2.45, 2.75) is 18.8 Å². The lowest BCUT2D eigenvalue weighted by molar-refractivity contribution is -0.144. The molecule has 0 bridgehead atoms. The molecule has 1 N–H and O–H groups in total. The van der Waals surface area contributed by atoms with Gasteiger partial charge in [-0.1, -0.05) is 12.1 Å². The highest BCUT2D eigenvalue weighted by atomic mass is 19.4. The third-order valence-electron chi connectivity index (χ3n) is 4.93. The summed E-state index contributed by atoms with van der Waals surface area (Å²) in [5.74, 6) is -0.1000. The zero-order chi connectivity index (χ0) is 20.8. The molecule has 0 saturated heterocycles. The molecule has 2 aromatic carbocycles. The van der Waals surface area contributed by atoms with E-state index in [1.807, 2.05) is 0 Å². The number of nitrogens with zero attached hydrogens (tertiary/aromatic N) is 3. The fourth-order valence-electron chi connectivity index (χ4n) is 3.67. The van der Waals surface area contributed by atoms with Gasteiger partial charge in [-0.2, -0.15) is 13.2 Å². The Kier molecular flexibility index (Phi) is 4.70. The van der Waals surface area contributed by atoms with Gasteiger partial charge in [0.2, 0.25) is 5.82 Å². The van der Waals surface area contributed by atoms with Crippen LogP contribution in [0.3, 0.4) is 0 Å². The Balaban J connectivity index is 1.88. The molecule has 2 heterocycles. The maximum atomic E-state index is 13.4. The van der Waals surface area contributed by atoms with E-state index in [1.165, 1.54) is 20.3 Å². The van der Waals surface area contributed by atoms with E-state index >= 15 is 0 Å². The molecule has 0 aliphatic carbocycles. The number of methoxy groups -OCH3 is 2. The van der Waals surface area contributed by atoms with Crippen LogP contribution in [0.15, 0.2) is 36.4 Å². The van der Waals surface area contributed by atoms with Crippen molar-refractivity contribution < 1.29 is 27.8 Å². The second kappa shape index (κ2) is 7.07. The Hall–Kier alpha value is -3.07. The van der Waals surface area contributed by atoms with Gasteiger partial charge < -0.3 is 19.5 Å². The standard InChI is InChI=1S/C20H18F3N3O3/c1-28-15-7-8-16(29-2)17-12(15)9-26(10-14(17)27)18-11-5-3-4-6-13(11)24-19(25-18)20(21,22)23/h3-8,14,27H,9-10H2,1-2H3/t14-/m1/s1. The number of rotatable bonds is 3. The molecule has 0 saturated carbocycles. The molecular weight excluding hydrogens is 387 g/mol. The zero-order valence-corrected chi connectivity index (χ0v) is 15.7. The highest BCUT2D eigenvalue weighted by molar-refractivity contribution is 5.89. The number of hydrogen-bond acceptors (Lipinski definition) is 6. The summed E-state index contributed by atoms with van der Waals surface area (Å²) in [5.41, 5.74) is 1.39. The highest BCUT2D eigenvalue weighted by Gasteiger charge is 2.37. The Morgan fingerprint density at radius 2 is 1.72 bits per heavy atom. The molecule has 29 heavy (non-hydrogen) atoms. The minimum Gasteiger partial charge on any atom is -0.496 e. The SMILES string of the molecule is COc1ccc(OC)c2c1CN(c1nc(C(F)(F)F)nc3ccccc13)C[C@H]2O. The van der Waals surface area contributed by atoms with E-state index in [0.29, 0.717) is 28.0 Å². The fourth-order valence-corrected chi connectivity index (χ4v) is 3.67. The van der Waals surface area contributed by atoms with Crippen LogP contribution in [0.25, 0.3) is 10.9 Å². The highest BCUT2D eigenvalue weighted by Crippen LogP contribution is 2.42. The quantitative estimate of drug-likeness (QED) is 0.717. The molecule has 6 nitrogen and oxygen atoms in total. The van der Waals surface area contributed by atoms with Gasteiger partial charge >= 0.3 is 6.18 Å². The summed E-state index contributed by atoms with van der Waals surface area (Å²) in [6.07, 6.45) is -5.68. The van der Waals surface area contributed by atoms with Gasteiger partial charge in [0.15, 0.2) is 0 Å². The minimum absolute atomic E-state index is 0.0504. The van der Waals surface area contributed by atoms with Crippen LogP contribution in [-0.2, 0) is 12.7 Å². The van der Waals surface area contributed by atoms with Crippen molar-refractivity contribution in [3.63, 3.8) is 0 Å². The van der Waals surface area contributed by atoms with Crippen molar-refractivity contribution in [3.05, 3.63) is 53.3 Å². The molecule has 1 atom stereocenters. The number of alkyl halides is 3. The van der Waals surface area contributed by atoms with Gasteiger partial charge in [0, 0.05) is 23.1 Å². The second-order valence-electron chi connectivity index (χ2n) is 6.64. The normalized spacial score (nSPS) is 16.6. The summed E-state index contributed by atoms with van der Waals surface area (Å²) in [6.45, 7) is 0.250. The second-order valence-corrected chi connectivity index (χ2v) is 6.64. The number of aliphatic hydroxyl groups is 1. The predicted octanol–water partition coefficient (Wildman–Crippen LogP) is 3.72. The first kappa shape index (κ1) is 19.3. The van der Waals surface area contributed by atoms with Crippen LogP contribution >= 0.6 is 0 Å². The smallest absolute Gasteiger partial charge is 0.451 e. The summed E-state index contributed by atoms with van der Waals surface area (Å²) in [5, 5.41) is 11.3. The summed E-state index contributed by atoms with van der Waals surface area (Å²) in [6, 6.07) is 9.89. The van der Waals surface area contributed by atoms with Crippen LogP contribution in [0.5, 0.6) is 11.5 Å². The number of benzene rings is 2. The van der Waals surface area contributed by atoms with Gasteiger partial charge in [-0.15, -0.1) is 0 Å². The topological polar surface area (TPSA) is 67.7 Å². The van der Waals surface area contributed by atoms with Gasteiger partial charge in [0.25, 0.3) is 0 Å². The third kappa shape index (κ3) is 3.31. The van der Waals surface area contributed by atoms with Crippen LogP contribution in [-0.4, -0.2) is 35.8 Å². The van der Waals surface area contributed by atoms with Gasteiger partial charge in [0.05, 0.1) is 26.3 Å². The maximum Gasteiger partial charge on any atom is 0.451 e. The lowest BCUT2D eigenvalue weighted by atomic mass is 9.95. The number of fused-ring (bicyclic) bond motifs is 2. The fraction of sp³-hybridized carbons (Fsp3) is 0.300. The molecule has 0 unspecified atom stereocenters. The molecule has 0 spiro atoms. The summed E-state index contributed by atoms with van der Waals surface area (Å²) in [4.78, 5) is 9.07. The maximum absolute atomic E-state index is 13.4. The minimum atomic E-state index is -4.69. The monoisotopic (exact) mass is 405 g/mol. The number of aliphatic hydroxyl groups excluding tert-OH is 1. The summed E-state index contributed by atoms with van der Waals surface area (Å²) in [7, 11) is 2.99. The average molecular weight is 405 g/mol. The van der Waals surface area contributed by atoms with E-state index in [-0.39, 0.29) is 24.4 Å². The van der Waals surface area contributed by atoms with E-state index in [0.717, 1.165) is 0 Å². The molecule has 1 aliphatic heterocycles. The van der Waals surface area contributed by atoms with Crippen molar-refractivity contribution in [2.24, 2.45) is 0 Å². The van der Waals surface area contributed by atoms with E-state index < -0.39 is 18.1 Å². The van der Waals surface area contributed by atoms with Crippen molar-refractivity contribution in [1.82, 2.24) is 9.97 Å². The van der Waals surface area contributed by atoms with Gasteiger partial charge in [-0.05, 0) is 24.3 Å². The average Bonchev–Trinajstić information content (AvgIpc) is 2.71. The Bertz CT molecular complexity index is 1070. The van der Waals surface area contributed by atoms with Crippen LogP contribution in [0.4, 0.5) is 19.0 Å². The number of hydrogen-bond donors (Lipinski definition) is 1. The van der Waals surface area contributed by atoms with Gasteiger partial charge in [-0.3, -0.25) is 0 Å². The lowest BCUT2D eigenvalue weighted by Gasteiger charge is -2.35. The molecule has 1 aliphatic rings. The molecule has 1 aromatic heterocycles. The van der Waals surface area contributed by atoms with E-state index in [4.69, 9.17) is 9.47 Å². The van der Waals surface area contributed by atoms with Crippen molar-refractivity contribution in [1.29, 1.82) is 0 Å². The number of aromatic nitrogens is 2. The molecular formula is C20H18F3N3O3. The molecule has 0 fully saturated rings. The molecule has 3 aromatic rings. The van der Waals surface area contributed by atoms with Crippen molar-refractivity contribution >= 4 is 16.7 Å². The number of halogens is 3. The number of para-hydroxylation sites is 1. The molecule has 0 amide bonds. The zero-order valence-electron chi connectivity index (χ0n) is 15.7. The van der Waals surface area contributed by atoms with E-state index in [1.54, 1.807) is 35.2 Å². The number of β-amino-alcohol motifs (C(OH)–C–C–N with tert-alkyl or cyclic N) is 1. The van der Waals surface area contributed by atoms with Crippen molar-refractivity contribution in [3.8, 4) is 11.5 Å².